The molecule has 0 atom stereocenters. The summed E-state index contributed by atoms with van der Waals surface area (Å²) in [7, 11) is 0. The molecule has 0 spiro atoms. The molecule has 0 fully saturated rings. The van der Waals surface area contributed by atoms with Crippen LogP contribution >= 0.6 is 0 Å². The predicted octanol–water partition coefficient (Wildman–Crippen LogP) is 16.9. The Morgan fingerprint density at radius 1 is 0.250 bits per heavy atom. The fourth-order valence-corrected chi connectivity index (χ4v) is 9.08. The average Bonchev–Trinajstić information content (AvgIpc) is 3.70. The van der Waals surface area contributed by atoms with E-state index in [4.69, 9.17) is 0 Å². The largest absolute Gasteiger partial charge is 0.310 e. The highest BCUT2D eigenvalue weighted by atomic mass is 15.2. The smallest absolute Gasteiger partial charge is 0.0547 e. The van der Waals surface area contributed by atoms with Crippen molar-refractivity contribution < 1.29 is 0 Å². The number of benzene rings is 10. The number of rotatable bonds is 11. The fourth-order valence-electron chi connectivity index (χ4n) is 9.08. The summed E-state index contributed by atoms with van der Waals surface area (Å²) in [5.41, 5.74) is 15.3. The van der Waals surface area contributed by atoms with E-state index >= 15 is 0 Å². The molecule has 4 heteroatoms. The van der Waals surface area contributed by atoms with Gasteiger partial charge in [0.25, 0.3) is 0 Å². The highest BCUT2D eigenvalue weighted by Gasteiger charge is 2.22. The molecule has 0 unspecified atom stereocenters. The zero-order valence-corrected chi connectivity index (χ0v) is 35.2. The highest BCUT2D eigenvalue weighted by Crippen LogP contribution is 2.46. The molecule has 0 aliphatic rings. The molecule has 0 N–H and O–H groups in total. The molecular formula is C60H44N4. The summed E-state index contributed by atoms with van der Waals surface area (Å²) in [6, 6.07) is 95.4. The van der Waals surface area contributed by atoms with Crippen LogP contribution in [-0.4, -0.2) is 4.57 Å². The van der Waals surface area contributed by atoms with E-state index in [1.807, 2.05) is 0 Å². The van der Waals surface area contributed by atoms with Crippen LogP contribution in [0, 0.1) is 0 Å². The van der Waals surface area contributed by atoms with Gasteiger partial charge in [-0.25, -0.2) is 0 Å². The molecule has 1 aromatic heterocycles. The summed E-state index contributed by atoms with van der Waals surface area (Å²) in [6.07, 6.45) is 0. The molecule has 0 saturated heterocycles. The topological polar surface area (TPSA) is 14.7 Å². The first-order valence-electron chi connectivity index (χ1n) is 21.8. The van der Waals surface area contributed by atoms with Crippen molar-refractivity contribution >= 4 is 73.0 Å². The minimum Gasteiger partial charge on any atom is -0.310 e. The van der Waals surface area contributed by atoms with Crippen LogP contribution in [0.4, 0.5) is 51.2 Å². The summed E-state index contributed by atoms with van der Waals surface area (Å²) in [6.45, 7) is 0. The van der Waals surface area contributed by atoms with Gasteiger partial charge < -0.3 is 19.3 Å². The number of anilines is 9. The van der Waals surface area contributed by atoms with Crippen LogP contribution < -0.4 is 14.7 Å². The van der Waals surface area contributed by atoms with Crippen LogP contribution in [0.2, 0.25) is 0 Å². The minimum atomic E-state index is 1.03. The standard InChI is InChI=1S/C60H44N4/c1-6-22-46(23-7-1)61(47-24-8-2-9-25-47)51-32-20-34-53(43-51)63(54-35-21-33-52(44-54)62(48-26-10-3-11-27-48)49-28-12-4-13-29-49)58-38-18-16-36-55(58)45-40-41-57-56-37-17-19-39-59(56)64(60(57)42-45)50-30-14-5-15-31-50/h1-44H. The van der Waals surface area contributed by atoms with Crippen LogP contribution in [-0.2, 0) is 0 Å². The molecule has 0 saturated carbocycles. The molecule has 11 rings (SSSR count). The minimum absolute atomic E-state index is 1.03. The van der Waals surface area contributed by atoms with Gasteiger partial charge in [0.2, 0.25) is 0 Å². The van der Waals surface area contributed by atoms with Crippen LogP contribution in [0.25, 0.3) is 38.6 Å². The van der Waals surface area contributed by atoms with Gasteiger partial charge in [-0.3, -0.25) is 0 Å². The number of hydrogen-bond acceptors (Lipinski definition) is 3. The molecule has 11 aromatic rings. The van der Waals surface area contributed by atoms with E-state index in [2.05, 4.69) is 286 Å². The summed E-state index contributed by atoms with van der Waals surface area (Å²) in [5, 5.41) is 2.46. The second-order valence-corrected chi connectivity index (χ2v) is 15.8. The van der Waals surface area contributed by atoms with E-state index in [0.29, 0.717) is 0 Å². The first-order chi connectivity index (χ1) is 31.8. The van der Waals surface area contributed by atoms with E-state index in [1.54, 1.807) is 0 Å². The maximum absolute atomic E-state index is 2.42. The molecule has 304 valence electrons. The molecule has 0 amide bonds. The van der Waals surface area contributed by atoms with Crippen molar-refractivity contribution in [2.24, 2.45) is 0 Å². The third kappa shape index (κ3) is 7.23. The summed E-state index contributed by atoms with van der Waals surface area (Å²) in [5.74, 6) is 0. The third-order valence-electron chi connectivity index (χ3n) is 11.9. The van der Waals surface area contributed by atoms with Crippen LogP contribution in [0.1, 0.15) is 0 Å². The molecule has 1 heterocycles. The number of nitrogens with zero attached hydrogens (tertiary/aromatic N) is 4. The van der Waals surface area contributed by atoms with Gasteiger partial charge in [-0.05, 0) is 121 Å². The van der Waals surface area contributed by atoms with E-state index in [1.165, 1.54) is 16.3 Å². The van der Waals surface area contributed by atoms with Crippen molar-refractivity contribution in [3.05, 3.63) is 267 Å². The molecular weight excluding hydrogens is 777 g/mol. The van der Waals surface area contributed by atoms with Crippen LogP contribution in [0.15, 0.2) is 267 Å². The van der Waals surface area contributed by atoms with Crippen LogP contribution in [0.3, 0.4) is 0 Å². The van der Waals surface area contributed by atoms with Gasteiger partial charge in [-0.1, -0.05) is 152 Å². The monoisotopic (exact) mass is 820 g/mol. The predicted molar refractivity (Wildman–Crippen MR) is 270 cm³/mol. The summed E-state index contributed by atoms with van der Waals surface area (Å²) in [4.78, 5) is 7.07. The van der Waals surface area contributed by atoms with Crippen LogP contribution in [0.5, 0.6) is 0 Å². The van der Waals surface area contributed by atoms with Gasteiger partial charge in [0.05, 0.1) is 16.7 Å². The summed E-state index contributed by atoms with van der Waals surface area (Å²) < 4.78 is 2.39. The van der Waals surface area contributed by atoms with E-state index in [-0.39, 0.29) is 0 Å². The Morgan fingerprint density at radius 2 is 0.641 bits per heavy atom. The molecule has 0 radical (unpaired) electrons. The lowest BCUT2D eigenvalue weighted by molar-refractivity contribution is 1.18. The van der Waals surface area contributed by atoms with Gasteiger partial charge >= 0.3 is 0 Å². The van der Waals surface area contributed by atoms with Crippen molar-refractivity contribution in [2.75, 3.05) is 14.7 Å². The summed E-state index contributed by atoms with van der Waals surface area (Å²) >= 11 is 0. The molecule has 0 aliphatic carbocycles. The van der Waals surface area contributed by atoms with Gasteiger partial charge in [-0.2, -0.15) is 0 Å². The first-order valence-corrected chi connectivity index (χ1v) is 21.8. The number of para-hydroxylation sites is 7. The van der Waals surface area contributed by atoms with E-state index in [9.17, 15) is 0 Å². The molecule has 0 bridgehead atoms. The van der Waals surface area contributed by atoms with Crippen molar-refractivity contribution in [3.8, 4) is 16.8 Å². The number of hydrogen-bond donors (Lipinski definition) is 0. The Bertz CT molecular complexity index is 3120. The maximum Gasteiger partial charge on any atom is 0.0547 e. The van der Waals surface area contributed by atoms with Gasteiger partial charge in [0.1, 0.15) is 0 Å². The molecule has 10 aromatic carbocycles. The average molecular weight is 821 g/mol. The lowest BCUT2D eigenvalue weighted by Crippen LogP contribution is -2.15. The first kappa shape index (κ1) is 38.3. The SMILES string of the molecule is c1ccc(N(c2ccccc2)c2cccc(N(c3cccc(N(c4ccccc4)c4ccccc4)c3)c3ccccc3-c3ccc4c5ccccc5n(-c5ccccc5)c4c3)c2)cc1. The quantitative estimate of drug-likeness (QED) is 0.129. The Morgan fingerprint density at radius 3 is 1.16 bits per heavy atom. The fraction of sp³-hybridized carbons (Fsp3) is 0. The van der Waals surface area contributed by atoms with Crippen molar-refractivity contribution in [3.63, 3.8) is 0 Å². The Hall–Kier alpha value is -8.60. The van der Waals surface area contributed by atoms with Gasteiger partial charge in [-0.15, -0.1) is 0 Å². The second-order valence-electron chi connectivity index (χ2n) is 15.8. The molecule has 4 nitrogen and oxygen atoms in total. The highest BCUT2D eigenvalue weighted by molar-refractivity contribution is 6.10. The molecule has 64 heavy (non-hydrogen) atoms. The number of fused-ring (bicyclic) bond motifs is 3. The van der Waals surface area contributed by atoms with E-state index < -0.39 is 0 Å². The van der Waals surface area contributed by atoms with Crippen molar-refractivity contribution in [1.29, 1.82) is 0 Å². The van der Waals surface area contributed by atoms with Gasteiger partial charge in [0, 0.05) is 67.5 Å². The zero-order valence-electron chi connectivity index (χ0n) is 35.2. The number of aromatic nitrogens is 1. The normalized spacial score (nSPS) is 11.1. The lowest BCUT2D eigenvalue weighted by atomic mass is 10.00. The lowest BCUT2D eigenvalue weighted by Gasteiger charge is -2.32. The Balaban J connectivity index is 1.13. The van der Waals surface area contributed by atoms with E-state index in [0.717, 1.165) is 73.5 Å². The second kappa shape index (κ2) is 17.0. The maximum atomic E-state index is 2.42. The third-order valence-corrected chi connectivity index (χ3v) is 11.9. The zero-order chi connectivity index (χ0) is 42.7. The Labute approximate surface area is 374 Å². The van der Waals surface area contributed by atoms with Crippen molar-refractivity contribution in [2.45, 2.75) is 0 Å². The van der Waals surface area contributed by atoms with Crippen molar-refractivity contribution in [1.82, 2.24) is 4.57 Å². The Kier molecular flexibility index (Phi) is 10.2. The molecule has 0 aliphatic heterocycles. The van der Waals surface area contributed by atoms with Gasteiger partial charge in [0.15, 0.2) is 0 Å².